The van der Waals surface area contributed by atoms with Gasteiger partial charge in [-0.3, -0.25) is 25.8 Å². The highest BCUT2D eigenvalue weighted by atomic mass is 35.5. The molecule has 0 radical (unpaired) electrons. The van der Waals surface area contributed by atoms with Crippen LogP contribution in [0.1, 0.15) is 10.4 Å². The zero-order valence-electron chi connectivity index (χ0n) is 17.2. The number of nitrogens with zero attached hydrogens (tertiary/aromatic N) is 3. The molecule has 4 rings (SSSR count). The number of methoxy groups -OCH3 is 1. The number of hydrogen-bond acceptors (Lipinski definition) is 8. The molecule has 0 aliphatic heterocycles. The first-order valence-corrected chi connectivity index (χ1v) is 10.00. The molecule has 10 nitrogen and oxygen atoms in total. The summed E-state index contributed by atoms with van der Waals surface area (Å²) in [6, 6.07) is 17.5. The van der Waals surface area contributed by atoms with Crippen LogP contribution in [-0.4, -0.2) is 27.9 Å². The Morgan fingerprint density at radius 2 is 1.82 bits per heavy atom. The van der Waals surface area contributed by atoms with Crippen molar-refractivity contribution in [3.05, 3.63) is 87.7 Å². The van der Waals surface area contributed by atoms with Crippen LogP contribution in [0, 0.1) is 10.1 Å². The van der Waals surface area contributed by atoms with E-state index in [1.54, 1.807) is 30.3 Å². The van der Waals surface area contributed by atoms with E-state index in [2.05, 4.69) is 26.1 Å². The minimum absolute atomic E-state index is 0.113. The zero-order chi connectivity index (χ0) is 23.4. The molecule has 11 heteroatoms. The average molecular weight is 465 g/mol. The Morgan fingerprint density at radius 3 is 2.61 bits per heavy atom. The molecule has 0 bridgehead atoms. The number of carbonyl (C=O) groups is 1. The normalized spacial score (nSPS) is 10.5. The fourth-order valence-corrected chi connectivity index (χ4v) is 3.42. The third-order valence-corrected chi connectivity index (χ3v) is 4.98. The molecule has 0 unspecified atom stereocenters. The van der Waals surface area contributed by atoms with Gasteiger partial charge in [-0.2, -0.15) is 0 Å². The van der Waals surface area contributed by atoms with Crippen LogP contribution in [0.4, 0.5) is 23.0 Å². The third-order valence-electron chi connectivity index (χ3n) is 4.75. The van der Waals surface area contributed by atoms with Crippen LogP contribution < -0.4 is 20.9 Å². The third kappa shape index (κ3) is 4.60. The van der Waals surface area contributed by atoms with Crippen molar-refractivity contribution in [1.29, 1.82) is 0 Å². The first-order chi connectivity index (χ1) is 16.0. The Morgan fingerprint density at radius 1 is 1.06 bits per heavy atom. The summed E-state index contributed by atoms with van der Waals surface area (Å²) in [5.41, 5.74) is 5.30. The quantitative estimate of drug-likeness (QED) is 0.265. The van der Waals surface area contributed by atoms with Crippen LogP contribution in [0.15, 0.2) is 67.0 Å². The van der Waals surface area contributed by atoms with Gasteiger partial charge in [-0.25, -0.2) is 9.97 Å². The number of carbonyl (C=O) groups excluding carboxylic acids is 1. The minimum Gasteiger partial charge on any atom is -0.495 e. The molecule has 0 saturated heterocycles. The Balaban J connectivity index is 1.62. The SMILES string of the molecule is COc1ccc(Cl)cc1Nc1ncnc(NNC(=O)c2cccc3ccccc23)c1[N+](=O)[O-]. The molecule has 3 N–H and O–H groups in total. The molecular formula is C22H17ClN6O4. The van der Waals surface area contributed by atoms with Crippen molar-refractivity contribution in [2.24, 2.45) is 0 Å². The van der Waals surface area contributed by atoms with Gasteiger partial charge in [0.2, 0.25) is 11.6 Å². The highest BCUT2D eigenvalue weighted by molar-refractivity contribution is 6.31. The second kappa shape index (κ2) is 9.37. The Bertz CT molecular complexity index is 1360. The lowest BCUT2D eigenvalue weighted by atomic mass is 10.0. The number of halogens is 1. The summed E-state index contributed by atoms with van der Waals surface area (Å²) in [5, 5.41) is 16.7. The molecule has 0 aliphatic carbocycles. The first kappa shape index (κ1) is 21.8. The monoisotopic (exact) mass is 464 g/mol. The van der Waals surface area contributed by atoms with Gasteiger partial charge < -0.3 is 10.1 Å². The van der Waals surface area contributed by atoms with E-state index in [9.17, 15) is 14.9 Å². The molecule has 1 heterocycles. The maximum Gasteiger partial charge on any atom is 0.355 e. The van der Waals surface area contributed by atoms with Gasteiger partial charge in [-0.1, -0.05) is 48.0 Å². The molecular weight excluding hydrogens is 448 g/mol. The Hall–Kier alpha value is -4.44. The summed E-state index contributed by atoms with van der Waals surface area (Å²) >= 11 is 6.04. The number of hydrogen-bond donors (Lipinski definition) is 3. The van der Waals surface area contributed by atoms with Crippen LogP contribution in [0.5, 0.6) is 5.75 Å². The second-order valence-corrected chi connectivity index (χ2v) is 7.19. The van der Waals surface area contributed by atoms with E-state index >= 15 is 0 Å². The van der Waals surface area contributed by atoms with Crippen LogP contribution in [0.25, 0.3) is 10.8 Å². The molecule has 166 valence electrons. The highest BCUT2D eigenvalue weighted by Crippen LogP contribution is 2.35. The molecule has 3 aromatic carbocycles. The molecule has 0 fully saturated rings. The van der Waals surface area contributed by atoms with E-state index in [-0.39, 0.29) is 11.6 Å². The number of anilines is 3. The van der Waals surface area contributed by atoms with Crippen molar-refractivity contribution in [1.82, 2.24) is 15.4 Å². The van der Waals surface area contributed by atoms with Crippen molar-refractivity contribution in [3.63, 3.8) is 0 Å². The summed E-state index contributed by atoms with van der Waals surface area (Å²) < 4.78 is 5.26. The predicted molar refractivity (Wildman–Crippen MR) is 125 cm³/mol. The lowest BCUT2D eigenvalue weighted by molar-refractivity contribution is -0.383. The largest absolute Gasteiger partial charge is 0.495 e. The lowest BCUT2D eigenvalue weighted by Crippen LogP contribution is -2.30. The average Bonchev–Trinajstić information content (AvgIpc) is 2.82. The molecule has 1 amide bonds. The van der Waals surface area contributed by atoms with Crippen LogP contribution in [0.3, 0.4) is 0 Å². The van der Waals surface area contributed by atoms with Gasteiger partial charge in [-0.05, 0) is 35.0 Å². The predicted octanol–water partition coefficient (Wildman–Crippen LogP) is 4.70. The molecule has 4 aromatic rings. The number of rotatable bonds is 7. The van der Waals surface area contributed by atoms with Gasteiger partial charge in [0, 0.05) is 10.6 Å². The van der Waals surface area contributed by atoms with E-state index in [4.69, 9.17) is 16.3 Å². The molecule has 0 spiro atoms. The Labute approximate surface area is 192 Å². The number of nitro groups is 1. The van der Waals surface area contributed by atoms with Crippen molar-refractivity contribution < 1.29 is 14.5 Å². The number of aromatic nitrogens is 2. The summed E-state index contributed by atoms with van der Waals surface area (Å²) in [5.74, 6) is -0.388. The molecule has 1 aromatic heterocycles. The second-order valence-electron chi connectivity index (χ2n) is 6.75. The van der Waals surface area contributed by atoms with E-state index in [0.29, 0.717) is 22.0 Å². The van der Waals surface area contributed by atoms with Crippen LogP contribution in [-0.2, 0) is 0 Å². The zero-order valence-corrected chi connectivity index (χ0v) is 18.0. The smallest absolute Gasteiger partial charge is 0.355 e. The van der Waals surface area contributed by atoms with Gasteiger partial charge in [0.1, 0.15) is 12.1 Å². The van der Waals surface area contributed by atoms with Crippen LogP contribution in [0.2, 0.25) is 5.02 Å². The highest BCUT2D eigenvalue weighted by Gasteiger charge is 2.24. The topological polar surface area (TPSA) is 131 Å². The van der Waals surface area contributed by atoms with Gasteiger partial charge in [0.05, 0.1) is 17.7 Å². The lowest BCUT2D eigenvalue weighted by Gasteiger charge is -2.13. The Kier molecular flexibility index (Phi) is 6.18. The number of nitrogens with one attached hydrogen (secondary N) is 3. The van der Waals surface area contributed by atoms with E-state index < -0.39 is 16.5 Å². The van der Waals surface area contributed by atoms with E-state index in [1.807, 2.05) is 30.3 Å². The van der Waals surface area contributed by atoms with Crippen LogP contribution >= 0.6 is 11.6 Å². The van der Waals surface area contributed by atoms with Gasteiger partial charge >= 0.3 is 5.69 Å². The van der Waals surface area contributed by atoms with Crippen molar-refractivity contribution in [2.75, 3.05) is 17.9 Å². The molecule has 0 aliphatic rings. The maximum absolute atomic E-state index is 12.8. The van der Waals surface area contributed by atoms with Crippen molar-refractivity contribution in [2.45, 2.75) is 0 Å². The van der Waals surface area contributed by atoms with E-state index in [1.165, 1.54) is 7.11 Å². The number of hydrazine groups is 1. The maximum atomic E-state index is 12.8. The number of ether oxygens (including phenoxy) is 1. The fourth-order valence-electron chi connectivity index (χ4n) is 3.25. The van der Waals surface area contributed by atoms with Gasteiger partial charge in [0.15, 0.2) is 0 Å². The number of amides is 1. The summed E-state index contributed by atoms with van der Waals surface area (Å²) in [6.07, 6.45) is 1.12. The minimum atomic E-state index is -0.661. The number of benzene rings is 3. The van der Waals surface area contributed by atoms with Gasteiger partial charge in [-0.15, -0.1) is 0 Å². The molecule has 0 saturated carbocycles. The number of fused-ring (bicyclic) bond motifs is 1. The standard InChI is InChI=1S/C22H17ClN6O4/c1-33-18-10-9-14(23)11-17(18)26-20-19(29(31)32)21(25-12-24-20)27-28-22(30)16-8-4-6-13-5-2-3-7-15(13)16/h2-12H,1H3,(H,28,30)(H2,24,25,26,27). The summed E-state index contributed by atoms with van der Waals surface area (Å²) in [4.78, 5) is 31.8. The van der Waals surface area contributed by atoms with Gasteiger partial charge in [0.25, 0.3) is 5.91 Å². The molecule has 33 heavy (non-hydrogen) atoms. The van der Waals surface area contributed by atoms with Crippen molar-refractivity contribution >= 4 is 51.3 Å². The fraction of sp³-hybridized carbons (Fsp3) is 0.0455. The van der Waals surface area contributed by atoms with E-state index in [0.717, 1.165) is 17.1 Å². The summed E-state index contributed by atoms with van der Waals surface area (Å²) in [7, 11) is 1.46. The van der Waals surface area contributed by atoms with Crippen molar-refractivity contribution in [3.8, 4) is 5.75 Å². The summed E-state index contributed by atoms with van der Waals surface area (Å²) in [6.45, 7) is 0. The molecule has 0 atom stereocenters. The first-order valence-electron chi connectivity index (χ1n) is 9.62.